The van der Waals surface area contributed by atoms with E-state index in [-0.39, 0.29) is 0 Å². The first-order valence-corrected chi connectivity index (χ1v) is 16.3. The minimum atomic E-state index is -2.75. The van der Waals surface area contributed by atoms with E-state index in [1.165, 1.54) is 0 Å². The van der Waals surface area contributed by atoms with E-state index >= 15 is 0 Å². The van der Waals surface area contributed by atoms with Crippen LogP contribution in [-0.2, 0) is 4.57 Å². The van der Waals surface area contributed by atoms with Gasteiger partial charge in [0.15, 0.2) is 0 Å². The highest BCUT2D eigenvalue weighted by molar-refractivity contribution is 7.71. The Kier molecular flexibility index (Phi) is 7.30. The molecule has 216 valence electrons. The van der Waals surface area contributed by atoms with Crippen LogP contribution in [0.25, 0.3) is 28.1 Å². The lowest BCUT2D eigenvalue weighted by molar-refractivity contribution is 0.312. The van der Waals surface area contributed by atoms with E-state index in [1.54, 1.807) is 32.8 Å². The molecular formula is C30H34N9O2P. The third-order valence-electron chi connectivity index (χ3n) is 7.48. The van der Waals surface area contributed by atoms with Gasteiger partial charge in [0.05, 0.1) is 34.7 Å². The van der Waals surface area contributed by atoms with Crippen molar-refractivity contribution in [3.8, 4) is 5.75 Å². The fourth-order valence-electron chi connectivity index (χ4n) is 5.35. The SMILES string of the molecule is C=Cc1cc(Nc2nc(Nc3ccc4nccnc4c3P(C)(C)=O)c3cc[nH]c3n2)c(OC)cc1N1CCN(C)CC1. The maximum atomic E-state index is 13.5. The largest absolute Gasteiger partial charge is 0.494 e. The van der Waals surface area contributed by atoms with Crippen molar-refractivity contribution >= 4 is 69.4 Å². The quantitative estimate of drug-likeness (QED) is 0.214. The molecule has 0 amide bonds. The molecule has 3 aromatic heterocycles. The maximum Gasteiger partial charge on any atom is 0.231 e. The van der Waals surface area contributed by atoms with E-state index < -0.39 is 7.14 Å². The molecule has 1 aliphatic heterocycles. The summed E-state index contributed by atoms with van der Waals surface area (Å²) in [6.07, 6.45) is 6.91. The molecule has 4 heterocycles. The number of likely N-dealkylation sites (N-methyl/N-ethyl adjacent to an activating group) is 1. The lowest BCUT2D eigenvalue weighted by atomic mass is 10.1. The highest BCUT2D eigenvalue weighted by Gasteiger charge is 2.23. The summed E-state index contributed by atoms with van der Waals surface area (Å²) >= 11 is 0. The number of aromatic nitrogens is 5. The smallest absolute Gasteiger partial charge is 0.231 e. The number of aromatic amines is 1. The summed E-state index contributed by atoms with van der Waals surface area (Å²) in [6.45, 7) is 11.4. The minimum absolute atomic E-state index is 0.367. The minimum Gasteiger partial charge on any atom is -0.494 e. The Balaban J connectivity index is 1.39. The molecule has 0 atom stereocenters. The van der Waals surface area contributed by atoms with Crippen LogP contribution in [0.2, 0.25) is 0 Å². The number of methoxy groups -OCH3 is 1. The van der Waals surface area contributed by atoms with Gasteiger partial charge in [0.1, 0.15) is 29.9 Å². The van der Waals surface area contributed by atoms with Crippen molar-refractivity contribution in [3.05, 3.63) is 61.1 Å². The van der Waals surface area contributed by atoms with Gasteiger partial charge in [0.25, 0.3) is 0 Å². The second-order valence-corrected chi connectivity index (χ2v) is 13.9. The summed E-state index contributed by atoms with van der Waals surface area (Å²) in [4.78, 5) is 26.3. The van der Waals surface area contributed by atoms with Crippen LogP contribution in [0.4, 0.5) is 28.8 Å². The predicted octanol–water partition coefficient (Wildman–Crippen LogP) is 5.04. The maximum absolute atomic E-state index is 13.5. The molecule has 12 heteroatoms. The van der Waals surface area contributed by atoms with Crippen LogP contribution < -0.4 is 25.6 Å². The molecule has 1 saturated heterocycles. The zero-order chi connectivity index (χ0) is 29.4. The Morgan fingerprint density at radius 2 is 1.81 bits per heavy atom. The Bertz CT molecular complexity index is 1840. The van der Waals surface area contributed by atoms with E-state index in [0.717, 1.165) is 48.5 Å². The summed E-state index contributed by atoms with van der Waals surface area (Å²) in [5, 5.41) is 8.20. The van der Waals surface area contributed by atoms with Gasteiger partial charge in [-0.3, -0.25) is 9.97 Å². The number of rotatable bonds is 8. The Hall–Kier alpha value is -4.47. The number of benzene rings is 2. The predicted molar refractivity (Wildman–Crippen MR) is 172 cm³/mol. The van der Waals surface area contributed by atoms with Gasteiger partial charge >= 0.3 is 0 Å². The van der Waals surface area contributed by atoms with E-state index in [4.69, 9.17) is 14.7 Å². The molecule has 11 nitrogen and oxygen atoms in total. The third-order valence-corrected chi connectivity index (χ3v) is 9.01. The average Bonchev–Trinajstić information content (AvgIpc) is 3.46. The van der Waals surface area contributed by atoms with Gasteiger partial charge < -0.3 is 34.7 Å². The summed E-state index contributed by atoms with van der Waals surface area (Å²) in [5.41, 5.74) is 5.39. The van der Waals surface area contributed by atoms with Gasteiger partial charge in [-0.1, -0.05) is 12.7 Å². The van der Waals surface area contributed by atoms with Crippen LogP contribution in [0.5, 0.6) is 5.75 Å². The molecule has 0 unspecified atom stereocenters. The van der Waals surface area contributed by atoms with Crippen LogP contribution in [-0.4, -0.2) is 83.5 Å². The molecule has 6 rings (SSSR count). The first-order chi connectivity index (χ1) is 20.2. The van der Waals surface area contributed by atoms with Crippen molar-refractivity contribution in [1.82, 2.24) is 29.8 Å². The normalized spacial score (nSPS) is 14.3. The molecule has 0 spiro atoms. The zero-order valence-electron chi connectivity index (χ0n) is 24.2. The number of H-pyrrole nitrogens is 1. The van der Waals surface area contributed by atoms with Gasteiger partial charge in [-0.25, -0.2) is 0 Å². The standard InChI is InChI=1S/C30H34N9O2P/c1-6-19-17-23(25(41-3)18-24(19)39-15-13-38(2)14-16-39)35-30-36-28-20(9-10-33-28)29(37-30)34-22-8-7-21-26(32-12-11-31-21)27(22)42(4,5)40/h6-12,17-18H,1,13-16H2,2-5H3,(H3,33,34,35,36,37). The molecule has 0 aliphatic carbocycles. The van der Waals surface area contributed by atoms with Crippen molar-refractivity contribution < 1.29 is 9.30 Å². The molecular weight excluding hydrogens is 549 g/mol. The van der Waals surface area contributed by atoms with Crippen molar-refractivity contribution in [1.29, 1.82) is 0 Å². The summed E-state index contributed by atoms with van der Waals surface area (Å²) in [5.74, 6) is 1.59. The lowest BCUT2D eigenvalue weighted by Crippen LogP contribution is -2.44. The van der Waals surface area contributed by atoms with Crippen molar-refractivity contribution in [2.24, 2.45) is 0 Å². The van der Waals surface area contributed by atoms with E-state index in [1.807, 2.05) is 42.6 Å². The molecule has 0 radical (unpaired) electrons. The van der Waals surface area contributed by atoms with E-state index in [9.17, 15) is 4.57 Å². The first-order valence-electron chi connectivity index (χ1n) is 13.7. The second-order valence-electron chi connectivity index (χ2n) is 10.7. The number of nitrogens with zero attached hydrogens (tertiary/aromatic N) is 6. The molecule has 3 N–H and O–H groups in total. The Morgan fingerprint density at radius 1 is 1.02 bits per heavy atom. The number of hydrogen-bond donors (Lipinski definition) is 3. The lowest BCUT2D eigenvalue weighted by Gasteiger charge is -2.35. The molecule has 5 aromatic rings. The van der Waals surface area contributed by atoms with Gasteiger partial charge in [0.2, 0.25) is 5.95 Å². The number of anilines is 5. The monoisotopic (exact) mass is 583 g/mol. The Labute approximate surface area is 244 Å². The number of nitrogens with one attached hydrogen (secondary N) is 3. The molecule has 0 bridgehead atoms. The van der Waals surface area contributed by atoms with Gasteiger partial charge in [-0.05, 0) is 50.2 Å². The van der Waals surface area contributed by atoms with Crippen LogP contribution in [0.1, 0.15) is 5.56 Å². The fraction of sp³-hybridized carbons (Fsp3) is 0.267. The topological polar surface area (TPSA) is 124 Å². The fourth-order valence-corrected chi connectivity index (χ4v) is 6.74. The van der Waals surface area contributed by atoms with Crippen LogP contribution in [0, 0.1) is 0 Å². The first kappa shape index (κ1) is 27.7. The van der Waals surface area contributed by atoms with Crippen LogP contribution in [0.15, 0.2) is 55.5 Å². The second kappa shape index (κ2) is 11.1. The van der Waals surface area contributed by atoms with Gasteiger partial charge in [0, 0.05) is 56.5 Å². The zero-order valence-corrected chi connectivity index (χ0v) is 25.1. The molecule has 42 heavy (non-hydrogen) atoms. The molecule has 2 aromatic carbocycles. The number of ether oxygens (including phenoxy) is 1. The van der Waals surface area contributed by atoms with Crippen LogP contribution >= 0.6 is 7.14 Å². The van der Waals surface area contributed by atoms with Gasteiger partial charge in [-0.2, -0.15) is 9.97 Å². The number of hydrogen-bond acceptors (Lipinski definition) is 10. The van der Waals surface area contributed by atoms with Crippen molar-refractivity contribution in [2.75, 3.05) is 69.2 Å². The summed E-state index contributed by atoms with van der Waals surface area (Å²) in [6, 6.07) is 9.69. The van der Waals surface area contributed by atoms with Crippen molar-refractivity contribution in [3.63, 3.8) is 0 Å². The highest BCUT2D eigenvalue weighted by Crippen LogP contribution is 2.41. The third kappa shape index (κ3) is 5.29. The van der Waals surface area contributed by atoms with E-state index in [2.05, 4.69) is 49.0 Å². The van der Waals surface area contributed by atoms with Crippen LogP contribution in [0.3, 0.4) is 0 Å². The Morgan fingerprint density at radius 3 is 2.55 bits per heavy atom. The highest BCUT2D eigenvalue weighted by atomic mass is 31.2. The molecule has 1 aliphatic rings. The number of fused-ring (bicyclic) bond motifs is 2. The summed E-state index contributed by atoms with van der Waals surface area (Å²) in [7, 11) is 1.04. The van der Waals surface area contributed by atoms with Gasteiger partial charge in [-0.15, -0.1) is 0 Å². The van der Waals surface area contributed by atoms with Crippen molar-refractivity contribution in [2.45, 2.75) is 0 Å². The molecule has 0 saturated carbocycles. The number of piperazine rings is 1. The average molecular weight is 584 g/mol. The molecule has 1 fully saturated rings. The van der Waals surface area contributed by atoms with E-state index in [0.29, 0.717) is 45.2 Å². The summed E-state index contributed by atoms with van der Waals surface area (Å²) < 4.78 is 19.3.